The van der Waals surface area contributed by atoms with Crippen molar-refractivity contribution in [1.82, 2.24) is 5.32 Å². The van der Waals surface area contributed by atoms with Gasteiger partial charge in [0.15, 0.2) is 0 Å². The summed E-state index contributed by atoms with van der Waals surface area (Å²) in [4.78, 5) is 11.6. The summed E-state index contributed by atoms with van der Waals surface area (Å²) in [6, 6.07) is 0. The molecule has 0 aliphatic heterocycles. The summed E-state index contributed by atoms with van der Waals surface area (Å²) in [5.41, 5.74) is -1.26. The fraction of sp³-hybridized carbons (Fsp3) is 0.929. The highest BCUT2D eigenvalue weighted by Gasteiger charge is 2.48. The lowest BCUT2D eigenvalue weighted by molar-refractivity contribution is -0.0345. The molecule has 18 heavy (non-hydrogen) atoms. The van der Waals surface area contributed by atoms with Crippen molar-refractivity contribution in [2.45, 2.75) is 70.6 Å². The molecule has 0 spiro atoms. The number of ether oxygens (including phenoxy) is 1. The molecule has 3 saturated carbocycles. The maximum Gasteiger partial charge on any atom is 0.407 e. The Hall–Kier alpha value is -0.800. The highest BCUT2D eigenvalue weighted by Crippen LogP contribution is 2.53. The second kappa shape index (κ2) is 4.39. The number of rotatable bonds is 2. The van der Waals surface area contributed by atoms with Gasteiger partial charge in [-0.05, 0) is 64.7 Å². The molecule has 0 aromatic heterocycles. The van der Waals surface area contributed by atoms with Gasteiger partial charge >= 0.3 is 6.09 Å². The fourth-order valence-electron chi connectivity index (χ4n) is 3.06. The summed E-state index contributed by atoms with van der Waals surface area (Å²) in [6.45, 7) is 6.18. The largest absolute Gasteiger partial charge is 0.444 e. The molecule has 0 unspecified atom stereocenters. The molecule has 0 atom stereocenters. The smallest absolute Gasteiger partial charge is 0.407 e. The molecule has 3 fully saturated rings. The standard InChI is InChI=1S/C14H24FNO2/c1-12(2,3)18-11(17)16-10-13-4-7-14(15,8-5-13)9-6-13/h4-10H2,1-3H3,(H,16,17). The van der Waals surface area contributed by atoms with E-state index in [4.69, 9.17) is 4.74 Å². The number of carbonyl (C=O) groups excluding carboxylic acids is 1. The molecule has 4 heteroatoms. The van der Waals surface area contributed by atoms with Crippen LogP contribution < -0.4 is 5.32 Å². The van der Waals surface area contributed by atoms with Crippen LogP contribution in [0.4, 0.5) is 9.18 Å². The van der Waals surface area contributed by atoms with Crippen LogP contribution in [0.25, 0.3) is 0 Å². The van der Waals surface area contributed by atoms with Crippen LogP contribution in [0, 0.1) is 5.41 Å². The molecular formula is C14H24FNO2. The van der Waals surface area contributed by atoms with Crippen LogP contribution >= 0.6 is 0 Å². The highest BCUT2D eigenvalue weighted by molar-refractivity contribution is 5.67. The first-order valence-corrected chi connectivity index (χ1v) is 6.88. The van der Waals surface area contributed by atoms with E-state index in [9.17, 15) is 9.18 Å². The van der Waals surface area contributed by atoms with Gasteiger partial charge in [-0.25, -0.2) is 9.18 Å². The van der Waals surface area contributed by atoms with Crippen molar-refractivity contribution in [3.63, 3.8) is 0 Å². The molecule has 0 aromatic carbocycles. The Morgan fingerprint density at radius 1 is 1.17 bits per heavy atom. The number of fused-ring (bicyclic) bond motifs is 3. The van der Waals surface area contributed by atoms with Gasteiger partial charge in [0.2, 0.25) is 0 Å². The fourth-order valence-corrected chi connectivity index (χ4v) is 3.06. The van der Waals surface area contributed by atoms with Gasteiger partial charge < -0.3 is 10.1 Å². The Bertz CT molecular complexity index is 311. The number of amides is 1. The number of alkyl halides is 1. The lowest BCUT2D eigenvalue weighted by Crippen LogP contribution is -2.49. The van der Waals surface area contributed by atoms with E-state index in [-0.39, 0.29) is 11.5 Å². The van der Waals surface area contributed by atoms with Gasteiger partial charge in [-0.15, -0.1) is 0 Å². The number of halogens is 1. The topological polar surface area (TPSA) is 38.3 Å². The first-order valence-electron chi connectivity index (χ1n) is 6.88. The summed E-state index contributed by atoms with van der Waals surface area (Å²) in [5, 5.41) is 2.85. The minimum atomic E-state index is -0.909. The molecule has 3 rings (SSSR count). The van der Waals surface area contributed by atoms with Crippen LogP contribution in [0.15, 0.2) is 0 Å². The molecule has 3 aliphatic rings. The minimum absolute atomic E-state index is 0.116. The molecule has 104 valence electrons. The van der Waals surface area contributed by atoms with Crippen molar-refractivity contribution in [2.24, 2.45) is 5.41 Å². The van der Waals surface area contributed by atoms with Gasteiger partial charge in [0, 0.05) is 6.54 Å². The predicted octanol–water partition coefficient (Wildman–Crippen LogP) is 3.57. The molecule has 3 aliphatic carbocycles. The van der Waals surface area contributed by atoms with Gasteiger partial charge in [0.1, 0.15) is 11.3 Å². The van der Waals surface area contributed by atoms with Crippen LogP contribution in [-0.2, 0) is 4.74 Å². The van der Waals surface area contributed by atoms with E-state index in [2.05, 4.69) is 5.32 Å². The summed E-state index contributed by atoms with van der Waals surface area (Å²) >= 11 is 0. The average Bonchev–Trinajstić information content (AvgIpc) is 2.26. The number of carbonyl (C=O) groups is 1. The maximum absolute atomic E-state index is 14.0. The first-order chi connectivity index (χ1) is 8.22. The number of nitrogens with one attached hydrogen (secondary N) is 1. The van der Waals surface area contributed by atoms with E-state index in [1.54, 1.807) is 0 Å². The SMILES string of the molecule is CC(C)(C)OC(=O)NCC12CCC(F)(CC1)CC2. The molecular weight excluding hydrogens is 233 g/mol. The number of hydrogen-bond acceptors (Lipinski definition) is 2. The average molecular weight is 257 g/mol. The molecule has 0 aromatic rings. The Balaban J connectivity index is 1.82. The minimum Gasteiger partial charge on any atom is -0.444 e. The Morgan fingerprint density at radius 2 is 1.67 bits per heavy atom. The van der Waals surface area contributed by atoms with E-state index in [1.807, 2.05) is 20.8 Å². The van der Waals surface area contributed by atoms with Crippen molar-refractivity contribution in [3.8, 4) is 0 Å². The zero-order valence-corrected chi connectivity index (χ0v) is 11.6. The van der Waals surface area contributed by atoms with Crippen LogP contribution in [0.2, 0.25) is 0 Å². The Morgan fingerprint density at radius 3 is 2.11 bits per heavy atom. The van der Waals surface area contributed by atoms with Crippen LogP contribution in [0.5, 0.6) is 0 Å². The second-order valence-electron chi connectivity index (χ2n) is 7.01. The lowest BCUT2D eigenvalue weighted by Gasteiger charge is -2.49. The molecule has 1 amide bonds. The van der Waals surface area contributed by atoms with E-state index >= 15 is 0 Å². The summed E-state index contributed by atoms with van der Waals surface area (Å²) in [6.07, 6.45) is 4.27. The predicted molar refractivity (Wildman–Crippen MR) is 68.2 cm³/mol. The zero-order chi connectivity index (χ0) is 13.4. The monoisotopic (exact) mass is 257 g/mol. The maximum atomic E-state index is 14.0. The molecule has 0 heterocycles. The van der Waals surface area contributed by atoms with Crippen LogP contribution in [0.3, 0.4) is 0 Å². The normalized spacial score (nSPS) is 35.3. The Labute approximate surface area is 108 Å². The third-order valence-electron chi connectivity index (χ3n) is 4.32. The summed E-state index contributed by atoms with van der Waals surface area (Å²) in [7, 11) is 0. The third kappa shape index (κ3) is 3.15. The summed E-state index contributed by atoms with van der Waals surface area (Å²) < 4.78 is 19.2. The van der Waals surface area contributed by atoms with E-state index < -0.39 is 11.3 Å². The summed E-state index contributed by atoms with van der Waals surface area (Å²) in [5.74, 6) is 0. The highest BCUT2D eigenvalue weighted by atomic mass is 19.1. The van der Waals surface area contributed by atoms with Crippen molar-refractivity contribution < 1.29 is 13.9 Å². The van der Waals surface area contributed by atoms with Crippen LogP contribution in [0.1, 0.15) is 59.3 Å². The molecule has 1 N–H and O–H groups in total. The number of hydrogen-bond donors (Lipinski definition) is 1. The van der Waals surface area contributed by atoms with Crippen molar-refractivity contribution in [3.05, 3.63) is 0 Å². The van der Waals surface area contributed by atoms with Crippen molar-refractivity contribution >= 4 is 6.09 Å². The van der Waals surface area contributed by atoms with Gasteiger partial charge in [-0.3, -0.25) is 0 Å². The van der Waals surface area contributed by atoms with Crippen LogP contribution in [-0.4, -0.2) is 23.9 Å². The van der Waals surface area contributed by atoms with E-state index in [0.29, 0.717) is 25.8 Å². The zero-order valence-electron chi connectivity index (χ0n) is 11.6. The van der Waals surface area contributed by atoms with E-state index in [0.717, 1.165) is 19.3 Å². The molecule has 0 saturated heterocycles. The van der Waals surface area contributed by atoms with E-state index in [1.165, 1.54) is 0 Å². The lowest BCUT2D eigenvalue weighted by atomic mass is 9.59. The molecule has 0 radical (unpaired) electrons. The van der Waals surface area contributed by atoms with Gasteiger partial charge in [0.05, 0.1) is 0 Å². The number of alkyl carbamates (subject to hydrolysis) is 1. The second-order valence-corrected chi connectivity index (χ2v) is 7.01. The first kappa shape index (κ1) is 13.6. The third-order valence-corrected chi connectivity index (χ3v) is 4.32. The quantitative estimate of drug-likeness (QED) is 0.821. The van der Waals surface area contributed by atoms with Gasteiger partial charge in [-0.1, -0.05) is 0 Å². The van der Waals surface area contributed by atoms with Gasteiger partial charge in [0.25, 0.3) is 0 Å². The molecule has 2 bridgehead atoms. The molecule has 3 nitrogen and oxygen atoms in total. The van der Waals surface area contributed by atoms with Gasteiger partial charge in [-0.2, -0.15) is 0 Å². The Kier molecular flexibility index (Phi) is 3.32. The van der Waals surface area contributed by atoms with Crippen molar-refractivity contribution in [2.75, 3.05) is 6.54 Å². The van der Waals surface area contributed by atoms with Crippen molar-refractivity contribution in [1.29, 1.82) is 0 Å².